The highest BCUT2D eigenvalue weighted by atomic mass is 31.2. The molecule has 0 aliphatic rings. The number of nitrogens with zero attached hydrogens (tertiary/aromatic N) is 1. The van der Waals surface area contributed by atoms with Crippen molar-refractivity contribution in [2.75, 3.05) is 26.4 Å². The maximum atomic E-state index is 13.6. The molecule has 0 radical (unpaired) electrons. The third kappa shape index (κ3) is 6.77. The summed E-state index contributed by atoms with van der Waals surface area (Å²) in [5.74, 6) is 0. The smallest absolute Gasteiger partial charge is 0.433 e. The summed E-state index contributed by atoms with van der Waals surface area (Å²) in [5.41, 5.74) is 8.44. The molecule has 3 N–H and O–H groups in total. The second kappa shape index (κ2) is 12.1. The first-order valence-electron chi connectivity index (χ1n) is 9.19. The van der Waals surface area contributed by atoms with Gasteiger partial charge >= 0.3 is 19.8 Å². The minimum atomic E-state index is -4.15. The van der Waals surface area contributed by atoms with E-state index in [0.717, 1.165) is 0 Å². The number of rotatable bonds is 9. The van der Waals surface area contributed by atoms with Gasteiger partial charge in [0.15, 0.2) is 5.44 Å². The van der Waals surface area contributed by atoms with Crippen molar-refractivity contribution in [3.63, 3.8) is 0 Å². The van der Waals surface area contributed by atoms with Crippen LogP contribution >= 0.6 is 7.60 Å². The number of nitrogens with one attached hydrogen (secondary N) is 1. The van der Waals surface area contributed by atoms with Gasteiger partial charge in [-0.05, 0) is 33.3 Å². The van der Waals surface area contributed by atoms with E-state index < -0.39 is 19.8 Å². The molecule has 0 unspecified atom stereocenters. The average molecular weight is 429 g/mol. The van der Waals surface area contributed by atoms with E-state index in [0.29, 0.717) is 10.6 Å². The lowest BCUT2D eigenvalue weighted by molar-refractivity contribution is 0.0877. The van der Waals surface area contributed by atoms with Crippen LogP contribution in [0.2, 0.25) is 0 Å². The molecule has 29 heavy (non-hydrogen) atoms. The third-order valence-corrected chi connectivity index (χ3v) is 5.48. The zero-order valence-corrected chi connectivity index (χ0v) is 17.9. The third-order valence-electron chi connectivity index (χ3n) is 3.32. The van der Waals surface area contributed by atoms with Gasteiger partial charge in [0.2, 0.25) is 0 Å². The molecule has 0 heterocycles. The summed E-state index contributed by atoms with van der Waals surface area (Å²) in [7, 11) is -4.15. The van der Waals surface area contributed by atoms with E-state index in [9.17, 15) is 14.2 Å². The minimum absolute atomic E-state index is 0.00107. The van der Waals surface area contributed by atoms with E-state index >= 15 is 0 Å². The Morgan fingerprint density at radius 2 is 1.52 bits per heavy atom. The van der Waals surface area contributed by atoms with Crippen LogP contribution in [0.25, 0.3) is 5.70 Å². The number of carbonyl (C=O) groups is 2. The Morgan fingerprint density at radius 1 is 0.966 bits per heavy atom. The van der Waals surface area contributed by atoms with Crippen LogP contribution in [0.3, 0.4) is 0 Å². The fourth-order valence-electron chi connectivity index (χ4n) is 2.26. The summed E-state index contributed by atoms with van der Waals surface area (Å²) < 4.78 is 34.2. The molecule has 0 fully saturated rings. The number of amides is 2. The van der Waals surface area contributed by atoms with Crippen molar-refractivity contribution in [2.45, 2.75) is 27.7 Å². The lowest BCUT2D eigenvalue weighted by Crippen LogP contribution is -2.47. The van der Waals surface area contributed by atoms with Gasteiger partial charge in [-0.15, -0.1) is 0 Å². The van der Waals surface area contributed by atoms with E-state index in [4.69, 9.17) is 24.3 Å². The van der Waals surface area contributed by atoms with Crippen LogP contribution in [0.4, 0.5) is 9.59 Å². The Balaban J connectivity index is 3.69. The summed E-state index contributed by atoms with van der Waals surface area (Å²) in [4.78, 5) is 24.7. The maximum Gasteiger partial charge on any atom is 0.433 e. The molecule has 0 atom stereocenters. The predicted octanol–water partition coefficient (Wildman–Crippen LogP) is 3.66. The van der Waals surface area contributed by atoms with Gasteiger partial charge in [-0.1, -0.05) is 30.3 Å². The zero-order chi connectivity index (χ0) is 21.9. The summed E-state index contributed by atoms with van der Waals surface area (Å²) in [5, 5.41) is 0.607. The Kier molecular flexibility index (Phi) is 10.2. The van der Waals surface area contributed by atoms with Crippen LogP contribution in [-0.4, -0.2) is 43.6 Å². The van der Waals surface area contributed by atoms with Gasteiger partial charge in [-0.25, -0.2) is 15.0 Å². The van der Waals surface area contributed by atoms with Crippen LogP contribution in [-0.2, 0) is 23.1 Å². The Bertz CT molecular complexity index is 745. The molecule has 0 aliphatic carbocycles. The number of hydrogen-bond donors (Lipinski definition) is 2. The minimum Gasteiger partial charge on any atom is -0.449 e. The largest absolute Gasteiger partial charge is 0.449 e. The van der Waals surface area contributed by atoms with Gasteiger partial charge in [0.1, 0.15) is 0 Å². The van der Waals surface area contributed by atoms with E-state index in [1.165, 1.54) is 0 Å². The lowest BCUT2D eigenvalue weighted by Gasteiger charge is -2.30. The molecule has 1 aromatic rings. The molecule has 1 aromatic carbocycles. The normalized spacial score (nSPS) is 12.0. The van der Waals surface area contributed by atoms with Crippen LogP contribution in [0.15, 0.2) is 35.8 Å². The summed E-state index contributed by atoms with van der Waals surface area (Å²) in [6.45, 7) is 6.42. The van der Waals surface area contributed by atoms with Gasteiger partial charge in [0, 0.05) is 0 Å². The first kappa shape index (κ1) is 24.5. The van der Waals surface area contributed by atoms with Crippen LogP contribution in [0.5, 0.6) is 0 Å². The molecular weight excluding hydrogens is 401 g/mol. The number of ether oxygens (including phenoxy) is 2. The molecule has 2 amide bonds. The van der Waals surface area contributed by atoms with E-state index in [2.05, 4.69) is 5.43 Å². The molecule has 0 bridgehead atoms. The van der Waals surface area contributed by atoms with Crippen molar-refractivity contribution in [3.05, 3.63) is 41.3 Å². The highest BCUT2D eigenvalue weighted by Gasteiger charge is 2.41. The summed E-state index contributed by atoms with van der Waals surface area (Å²) in [6, 6.07) is 8.47. The molecule has 1 rings (SSSR count). The quantitative estimate of drug-likeness (QED) is 0.449. The SMILES string of the molecule is CCOC(=O)NN(C(=O)OCC)/C(=C(\N)c1ccccc1)P(=O)(OCC)OCC. The van der Waals surface area contributed by atoms with Crippen LogP contribution in [0.1, 0.15) is 33.3 Å². The van der Waals surface area contributed by atoms with Crippen molar-refractivity contribution < 1.29 is 32.7 Å². The highest BCUT2D eigenvalue weighted by molar-refractivity contribution is 7.58. The van der Waals surface area contributed by atoms with Gasteiger partial charge in [-0.2, -0.15) is 5.01 Å². The first-order valence-corrected chi connectivity index (χ1v) is 10.7. The summed E-state index contributed by atoms with van der Waals surface area (Å²) >= 11 is 0. The standard InChI is InChI=1S/C18H28N3O7P/c1-5-25-17(22)20-21(18(23)26-6-2)16(29(24,27-7-3)28-8-4)15(19)14-12-10-9-11-13-14/h9-13H,5-8,19H2,1-4H3,(H,20,22)/b16-15+. The zero-order valence-electron chi connectivity index (χ0n) is 17.0. The number of carbonyl (C=O) groups excluding carboxylic acids is 2. The number of hydrogen-bond acceptors (Lipinski definition) is 8. The monoisotopic (exact) mass is 429 g/mol. The second-order valence-corrected chi connectivity index (χ2v) is 7.24. The molecular formula is C18H28N3O7P. The van der Waals surface area contributed by atoms with E-state index in [1.807, 2.05) is 0 Å². The van der Waals surface area contributed by atoms with Crippen molar-refractivity contribution in [2.24, 2.45) is 5.73 Å². The van der Waals surface area contributed by atoms with Gasteiger partial charge < -0.3 is 24.3 Å². The predicted molar refractivity (Wildman–Crippen MR) is 107 cm³/mol. The molecule has 0 aliphatic heterocycles. The molecule has 162 valence electrons. The number of hydrazine groups is 1. The van der Waals surface area contributed by atoms with Gasteiger partial charge in [0.25, 0.3) is 0 Å². The molecule has 0 aromatic heterocycles. The number of nitrogens with two attached hydrogens (primary N) is 1. The summed E-state index contributed by atoms with van der Waals surface area (Å²) in [6.07, 6.45) is -2.01. The van der Waals surface area contributed by atoms with Gasteiger partial charge in [0.05, 0.1) is 32.1 Å². The fourth-order valence-corrected chi connectivity index (χ4v) is 4.06. The molecule has 10 nitrogen and oxygen atoms in total. The van der Waals surface area contributed by atoms with Crippen molar-refractivity contribution in [3.8, 4) is 0 Å². The average Bonchev–Trinajstić information content (AvgIpc) is 2.68. The number of benzene rings is 1. The van der Waals surface area contributed by atoms with Crippen LogP contribution in [0, 0.1) is 0 Å². The Hall–Kier alpha value is -2.55. The molecule has 0 spiro atoms. The van der Waals surface area contributed by atoms with Crippen molar-refractivity contribution >= 4 is 25.5 Å². The molecule has 0 saturated carbocycles. The van der Waals surface area contributed by atoms with Crippen molar-refractivity contribution in [1.29, 1.82) is 0 Å². The van der Waals surface area contributed by atoms with E-state index in [-0.39, 0.29) is 37.6 Å². The maximum absolute atomic E-state index is 13.6. The first-order chi connectivity index (χ1) is 13.8. The fraction of sp³-hybridized carbons (Fsp3) is 0.444. The molecule has 11 heteroatoms. The topological polar surface area (TPSA) is 129 Å². The Morgan fingerprint density at radius 3 is 2.00 bits per heavy atom. The second-order valence-electron chi connectivity index (χ2n) is 5.30. The van der Waals surface area contributed by atoms with Gasteiger partial charge in [-0.3, -0.25) is 4.57 Å². The van der Waals surface area contributed by atoms with Crippen molar-refractivity contribution in [1.82, 2.24) is 10.4 Å². The van der Waals surface area contributed by atoms with Crippen LogP contribution < -0.4 is 11.2 Å². The lowest BCUT2D eigenvalue weighted by atomic mass is 10.2. The van der Waals surface area contributed by atoms with E-state index in [1.54, 1.807) is 58.0 Å². The highest BCUT2D eigenvalue weighted by Crippen LogP contribution is 2.58. The Labute approximate surface area is 170 Å². The molecule has 0 saturated heterocycles.